The molecule has 0 spiro atoms. The van der Waals surface area contributed by atoms with Crippen LogP contribution in [0.25, 0.3) is 0 Å². The van der Waals surface area contributed by atoms with E-state index in [0.29, 0.717) is 27.9 Å². The summed E-state index contributed by atoms with van der Waals surface area (Å²) in [5.41, 5.74) is 2.32. The smallest absolute Gasteiger partial charge is 0.279 e. The Bertz CT molecular complexity index is 1180. The highest BCUT2D eigenvalue weighted by Crippen LogP contribution is 2.38. The van der Waals surface area contributed by atoms with E-state index < -0.39 is 16.1 Å². The third-order valence-electron chi connectivity index (χ3n) is 4.91. The van der Waals surface area contributed by atoms with Crippen molar-refractivity contribution in [2.75, 3.05) is 7.11 Å². The molecule has 0 fully saturated rings. The van der Waals surface area contributed by atoms with Gasteiger partial charge in [0, 0.05) is 16.5 Å². The normalized spacial score (nSPS) is 16.4. The van der Waals surface area contributed by atoms with Gasteiger partial charge in [0.05, 0.1) is 23.8 Å². The van der Waals surface area contributed by atoms with Crippen LogP contribution in [0.4, 0.5) is 0 Å². The van der Waals surface area contributed by atoms with Gasteiger partial charge >= 0.3 is 0 Å². The van der Waals surface area contributed by atoms with E-state index in [0.717, 1.165) is 11.1 Å². The maximum atomic E-state index is 13.4. The van der Waals surface area contributed by atoms with Crippen molar-refractivity contribution in [3.63, 3.8) is 0 Å². The Morgan fingerprint density at radius 1 is 0.900 bits per heavy atom. The molecule has 0 aliphatic carbocycles. The Labute approximate surface area is 185 Å². The Hall–Kier alpha value is -2.54. The lowest BCUT2D eigenvalue weighted by Gasteiger charge is -2.23. The van der Waals surface area contributed by atoms with Crippen LogP contribution in [-0.4, -0.2) is 25.7 Å². The van der Waals surface area contributed by atoms with Gasteiger partial charge in [-0.15, -0.1) is 0 Å². The molecule has 0 saturated carbocycles. The largest absolute Gasteiger partial charge is 0.497 e. The quantitative estimate of drug-likeness (QED) is 0.501. The van der Waals surface area contributed by atoms with Crippen LogP contribution in [0.15, 0.2) is 82.8 Å². The summed E-state index contributed by atoms with van der Waals surface area (Å²) < 4.78 is 33.2. The number of benzene rings is 3. The Kier molecular flexibility index (Phi) is 5.73. The number of hydrazone groups is 1. The van der Waals surface area contributed by atoms with Crippen molar-refractivity contribution < 1.29 is 13.2 Å². The summed E-state index contributed by atoms with van der Waals surface area (Å²) >= 11 is 11.9. The summed E-state index contributed by atoms with van der Waals surface area (Å²) in [5, 5.41) is 5.58. The van der Waals surface area contributed by atoms with Gasteiger partial charge in [-0.3, -0.25) is 0 Å². The summed E-state index contributed by atoms with van der Waals surface area (Å²) in [6.07, 6.45) is 0.431. The van der Waals surface area contributed by atoms with Crippen LogP contribution in [0.3, 0.4) is 0 Å². The first-order chi connectivity index (χ1) is 14.4. The molecular weight excluding hydrogens is 443 g/mol. The average molecular weight is 461 g/mol. The van der Waals surface area contributed by atoms with Gasteiger partial charge in [0.25, 0.3) is 10.0 Å². The fourth-order valence-electron chi connectivity index (χ4n) is 3.32. The van der Waals surface area contributed by atoms with Gasteiger partial charge in [-0.1, -0.05) is 47.5 Å². The number of methoxy groups -OCH3 is 1. The summed E-state index contributed by atoms with van der Waals surface area (Å²) in [7, 11) is -2.30. The minimum atomic E-state index is -3.89. The lowest BCUT2D eigenvalue weighted by molar-refractivity contribution is 0.370. The molecule has 30 heavy (non-hydrogen) atoms. The molecule has 0 aromatic heterocycles. The van der Waals surface area contributed by atoms with Gasteiger partial charge in [0.1, 0.15) is 5.75 Å². The summed E-state index contributed by atoms with van der Waals surface area (Å²) in [4.78, 5) is 0.131. The van der Waals surface area contributed by atoms with Crippen LogP contribution in [-0.2, 0) is 10.0 Å². The molecule has 0 radical (unpaired) electrons. The summed E-state index contributed by atoms with van der Waals surface area (Å²) in [6.45, 7) is 0. The van der Waals surface area contributed by atoms with Crippen LogP contribution in [0.2, 0.25) is 10.0 Å². The molecule has 1 unspecified atom stereocenters. The standard InChI is InChI=1S/C22H18Cl2N2O3S/c1-29-19-10-4-16(5-11-19)22-14-21(15-2-6-17(23)7-3-15)25-26(22)30(27,28)20-12-8-18(24)9-13-20/h2-13,22H,14H2,1H3. The third-order valence-corrected chi connectivity index (χ3v) is 7.11. The van der Waals surface area contributed by atoms with E-state index in [-0.39, 0.29) is 4.90 Å². The number of rotatable bonds is 5. The molecule has 1 aliphatic heterocycles. The molecule has 0 amide bonds. The van der Waals surface area contributed by atoms with Crippen molar-refractivity contribution in [2.24, 2.45) is 5.10 Å². The topological polar surface area (TPSA) is 59.0 Å². The van der Waals surface area contributed by atoms with Crippen LogP contribution in [0.1, 0.15) is 23.6 Å². The van der Waals surface area contributed by atoms with Gasteiger partial charge in [0.2, 0.25) is 0 Å². The minimum Gasteiger partial charge on any atom is -0.497 e. The third kappa shape index (κ3) is 4.03. The van der Waals surface area contributed by atoms with Crippen molar-refractivity contribution >= 4 is 38.9 Å². The van der Waals surface area contributed by atoms with E-state index in [9.17, 15) is 8.42 Å². The number of nitrogens with zero attached hydrogens (tertiary/aromatic N) is 2. The molecule has 1 atom stereocenters. The SMILES string of the molecule is COc1ccc(C2CC(c3ccc(Cl)cc3)=NN2S(=O)(=O)c2ccc(Cl)cc2)cc1. The second kappa shape index (κ2) is 8.30. The molecule has 3 aromatic rings. The number of halogens is 2. The molecule has 0 N–H and O–H groups in total. The van der Waals surface area contributed by atoms with Crippen LogP contribution in [0, 0.1) is 0 Å². The van der Waals surface area contributed by atoms with Crippen molar-refractivity contribution in [3.8, 4) is 5.75 Å². The minimum absolute atomic E-state index is 0.131. The lowest BCUT2D eigenvalue weighted by Crippen LogP contribution is -2.27. The molecule has 1 heterocycles. The van der Waals surface area contributed by atoms with Gasteiger partial charge in [0.15, 0.2) is 0 Å². The molecule has 0 saturated heterocycles. The van der Waals surface area contributed by atoms with Crippen molar-refractivity contribution in [3.05, 3.63) is 94.0 Å². The molecule has 5 nitrogen and oxygen atoms in total. The first kappa shape index (κ1) is 20.7. The molecule has 8 heteroatoms. The molecule has 0 bridgehead atoms. The summed E-state index contributed by atoms with van der Waals surface area (Å²) in [6, 6.07) is 20.1. The number of ether oxygens (including phenoxy) is 1. The average Bonchev–Trinajstić information content (AvgIpc) is 3.21. The zero-order chi connectivity index (χ0) is 21.3. The van der Waals surface area contributed by atoms with E-state index in [1.54, 1.807) is 31.4 Å². The van der Waals surface area contributed by atoms with Crippen molar-refractivity contribution in [2.45, 2.75) is 17.4 Å². The molecular formula is C22H18Cl2N2O3S. The zero-order valence-corrected chi connectivity index (χ0v) is 18.3. The van der Waals surface area contributed by atoms with Gasteiger partial charge in [-0.25, -0.2) is 0 Å². The van der Waals surface area contributed by atoms with Crippen LogP contribution < -0.4 is 4.74 Å². The highest BCUT2D eigenvalue weighted by Gasteiger charge is 2.37. The second-order valence-corrected chi connectivity index (χ2v) is 9.45. The molecule has 1 aliphatic rings. The number of sulfonamides is 1. The maximum Gasteiger partial charge on any atom is 0.279 e. The Morgan fingerprint density at radius 2 is 1.47 bits per heavy atom. The number of hydrogen-bond donors (Lipinski definition) is 0. The fourth-order valence-corrected chi connectivity index (χ4v) is 5.00. The van der Waals surface area contributed by atoms with Gasteiger partial charge in [-0.05, 0) is 59.7 Å². The number of hydrogen-bond acceptors (Lipinski definition) is 4. The zero-order valence-electron chi connectivity index (χ0n) is 16.0. The Balaban J connectivity index is 1.78. The van der Waals surface area contributed by atoms with Crippen LogP contribution in [0.5, 0.6) is 5.75 Å². The summed E-state index contributed by atoms with van der Waals surface area (Å²) in [5.74, 6) is 0.697. The van der Waals surface area contributed by atoms with Gasteiger partial charge in [-0.2, -0.15) is 17.9 Å². The first-order valence-corrected chi connectivity index (χ1v) is 11.4. The molecule has 3 aromatic carbocycles. The Morgan fingerprint density at radius 3 is 2.03 bits per heavy atom. The van der Waals surface area contributed by atoms with E-state index in [2.05, 4.69) is 5.10 Å². The highest BCUT2D eigenvalue weighted by atomic mass is 35.5. The first-order valence-electron chi connectivity index (χ1n) is 9.16. The predicted molar refractivity (Wildman–Crippen MR) is 119 cm³/mol. The van der Waals surface area contributed by atoms with Crippen molar-refractivity contribution in [1.29, 1.82) is 0 Å². The lowest BCUT2D eigenvalue weighted by atomic mass is 9.99. The molecule has 154 valence electrons. The monoisotopic (exact) mass is 460 g/mol. The van der Waals surface area contributed by atoms with E-state index in [4.69, 9.17) is 27.9 Å². The van der Waals surface area contributed by atoms with E-state index >= 15 is 0 Å². The second-order valence-electron chi connectivity index (χ2n) is 6.78. The predicted octanol–water partition coefficient (Wildman–Crippen LogP) is 5.54. The van der Waals surface area contributed by atoms with Crippen molar-refractivity contribution in [1.82, 2.24) is 4.41 Å². The van der Waals surface area contributed by atoms with Gasteiger partial charge < -0.3 is 4.74 Å². The maximum absolute atomic E-state index is 13.4. The van der Waals surface area contributed by atoms with E-state index in [1.165, 1.54) is 16.5 Å². The van der Waals surface area contributed by atoms with E-state index in [1.807, 2.05) is 36.4 Å². The highest BCUT2D eigenvalue weighted by molar-refractivity contribution is 7.89. The van der Waals surface area contributed by atoms with Crippen LogP contribution >= 0.6 is 23.2 Å². The molecule has 4 rings (SSSR count). The fraction of sp³-hybridized carbons (Fsp3) is 0.136.